The lowest BCUT2D eigenvalue weighted by atomic mass is 10.1. The molecule has 0 atom stereocenters. The molecule has 2 heterocycles. The van der Waals surface area contributed by atoms with E-state index in [1.165, 1.54) is 22.5 Å². The number of hydrogen-bond acceptors (Lipinski definition) is 2. The van der Waals surface area contributed by atoms with Crippen LogP contribution in [0.3, 0.4) is 0 Å². The molecule has 0 fully saturated rings. The van der Waals surface area contributed by atoms with Gasteiger partial charge in [0.2, 0.25) is 0 Å². The molecule has 4 nitrogen and oxygen atoms in total. The minimum absolute atomic E-state index is 0.809. The van der Waals surface area contributed by atoms with Gasteiger partial charge < -0.3 is 14.1 Å². The van der Waals surface area contributed by atoms with Gasteiger partial charge in [-0.3, -0.25) is 0 Å². The Morgan fingerprint density at radius 1 is 0.362 bits per heavy atom. The average Bonchev–Trinajstić information content (AvgIpc) is 4.14. The maximum atomic E-state index is 5.20. The van der Waals surface area contributed by atoms with E-state index >= 15 is 0 Å². The van der Waals surface area contributed by atoms with E-state index in [1.807, 2.05) is 308 Å². The maximum absolute atomic E-state index is 5.20. The molecule has 4 rings (SSSR count). The van der Waals surface area contributed by atoms with Gasteiger partial charge in [-0.2, -0.15) is 0 Å². The molecule has 0 unspecified atom stereocenters. The molecule has 0 saturated carbocycles. The fourth-order valence-electron chi connectivity index (χ4n) is 3.31. The van der Waals surface area contributed by atoms with E-state index in [0.717, 1.165) is 30.7 Å². The zero-order chi connectivity index (χ0) is 60.5. The quantitative estimate of drug-likeness (QED) is 0.196. The molecule has 2 aromatic carbocycles. The third-order valence-electron chi connectivity index (χ3n) is 4.87. The molecule has 0 spiro atoms. The minimum atomic E-state index is 0.809. The lowest BCUT2D eigenvalue weighted by molar-refractivity contribution is 0.713. The summed E-state index contributed by atoms with van der Waals surface area (Å²) in [6, 6.07) is 20.9. The summed E-state index contributed by atoms with van der Waals surface area (Å²) >= 11 is 5.20. The molecule has 5 heteroatoms. The van der Waals surface area contributed by atoms with Crippen molar-refractivity contribution in [2.45, 2.75) is 317 Å². The Balaban J connectivity index is -0.0000000277. The summed E-state index contributed by atoms with van der Waals surface area (Å²) in [6.45, 7) is 86.2. The average molecular weight is 1010 g/mol. The van der Waals surface area contributed by atoms with Crippen LogP contribution in [0.5, 0.6) is 0 Å². The van der Waals surface area contributed by atoms with Crippen LogP contribution in [-0.4, -0.2) is 19.1 Å². The highest BCUT2D eigenvalue weighted by molar-refractivity contribution is 7.71. The number of hydrogen-bond donors (Lipinski definition) is 1. The molecule has 0 aliphatic rings. The van der Waals surface area contributed by atoms with Crippen molar-refractivity contribution in [3.05, 3.63) is 107 Å². The van der Waals surface area contributed by atoms with Crippen molar-refractivity contribution in [2.75, 3.05) is 0 Å². The highest BCUT2D eigenvalue weighted by atomic mass is 32.1. The molecular weight excluding hydrogens is 857 g/mol. The summed E-state index contributed by atoms with van der Waals surface area (Å²) in [4.78, 5) is 7.24. The van der Waals surface area contributed by atoms with Crippen molar-refractivity contribution in [1.29, 1.82) is 0 Å². The first-order chi connectivity index (χ1) is 34.2. The van der Waals surface area contributed by atoms with Crippen molar-refractivity contribution in [3.63, 3.8) is 0 Å². The molecule has 69 heavy (non-hydrogen) atoms. The molecular formula is C64H148N4S. The Morgan fingerprint density at radius 3 is 0.841 bits per heavy atom. The molecule has 4 aromatic rings. The van der Waals surface area contributed by atoms with E-state index in [4.69, 9.17) is 12.2 Å². The third kappa shape index (κ3) is 112. The van der Waals surface area contributed by atoms with Gasteiger partial charge in [-0.1, -0.05) is 338 Å². The standard InChI is InChI=1S/C12H14N2S.C12H14N2.20C2H6/c1-2-14-11(9-13-12(14)15)8-10-6-4-3-5-7-10;1-2-14-10-13-9-12(14)8-11-6-4-3-5-7-11;20*1-2/h3-7,9H,2,8H2,1H3,(H,13,15);3-7,9-10H,2,8H2,1H3;20*1-2H3. The van der Waals surface area contributed by atoms with Gasteiger partial charge in [-0.25, -0.2) is 4.98 Å². The Labute approximate surface area is 452 Å². The molecule has 1 N–H and O–H groups in total. The van der Waals surface area contributed by atoms with Crippen LogP contribution < -0.4 is 0 Å². The molecule has 0 amide bonds. The van der Waals surface area contributed by atoms with Gasteiger partial charge in [0.15, 0.2) is 4.77 Å². The number of H-pyrrole nitrogens is 1. The predicted octanol–water partition coefficient (Wildman–Crippen LogP) is 26.2. The second-order valence-electron chi connectivity index (χ2n) is 6.83. The van der Waals surface area contributed by atoms with Crippen LogP contribution in [-0.2, 0) is 25.9 Å². The van der Waals surface area contributed by atoms with Gasteiger partial charge >= 0.3 is 0 Å². The second kappa shape index (κ2) is 194. The Hall–Kier alpha value is -2.92. The van der Waals surface area contributed by atoms with E-state index in [9.17, 15) is 0 Å². The Kier molecular flexibility index (Phi) is 341. The van der Waals surface area contributed by atoms with Crippen molar-refractivity contribution < 1.29 is 0 Å². The van der Waals surface area contributed by atoms with Gasteiger partial charge in [-0.15, -0.1) is 0 Å². The summed E-state index contributed by atoms with van der Waals surface area (Å²) in [7, 11) is 0. The number of aryl methyl sites for hydroxylation is 1. The number of aromatic amines is 1. The molecule has 0 bridgehead atoms. The van der Waals surface area contributed by atoms with E-state index in [-0.39, 0.29) is 0 Å². The van der Waals surface area contributed by atoms with Crippen LogP contribution in [0.25, 0.3) is 0 Å². The highest BCUT2D eigenvalue weighted by Gasteiger charge is 2.03. The van der Waals surface area contributed by atoms with Crippen LogP contribution in [0.1, 0.15) is 313 Å². The smallest absolute Gasteiger partial charge is 0.177 e. The maximum Gasteiger partial charge on any atom is 0.177 e. The number of imidazole rings is 2. The monoisotopic (exact) mass is 1010 g/mol. The van der Waals surface area contributed by atoms with Crippen LogP contribution in [0.4, 0.5) is 0 Å². The van der Waals surface area contributed by atoms with E-state index < -0.39 is 0 Å². The number of nitrogens with one attached hydrogen (secondary N) is 1. The van der Waals surface area contributed by atoms with Crippen LogP contribution in [0.2, 0.25) is 0 Å². The van der Waals surface area contributed by atoms with Gasteiger partial charge in [0.25, 0.3) is 0 Å². The summed E-state index contributed by atoms with van der Waals surface area (Å²) < 4.78 is 5.11. The second-order valence-corrected chi connectivity index (χ2v) is 7.21. The van der Waals surface area contributed by atoms with Crippen molar-refractivity contribution in [3.8, 4) is 0 Å². The number of aromatic nitrogens is 4. The van der Waals surface area contributed by atoms with Crippen LogP contribution in [0.15, 0.2) is 79.4 Å². The molecule has 0 aliphatic carbocycles. The highest BCUT2D eigenvalue weighted by Crippen LogP contribution is 2.10. The zero-order valence-electron chi connectivity index (χ0n) is 57.1. The Morgan fingerprint density at radius 2 is 0.609 bits per heavy atom. The fourth-order valence-corrected chi connectivity index (χ4v) is 3.62. The van der Waals surface area contributed by atoms with Gasteiger partial charge in [0.1, 0.15) is 0 Å². The van der Waals surface area contributed by atoms with E-state index in [2.05, 4.69) is 81.5 Å². The predicted molar refractivity (Wildman–Crippen MR) is 349 cm³/mol. The van der Waals surface area contributed by atoms with Crippen molar-refractivity contribution in [2.24, 2.45) is 0 Å². The van der Waals surface area contributed by atoms with E-state index in [0.29, 0.717) is 0 Å². The summed E-state index contributed by atoms with van der Waals surface area (Å²) in [5, 5.41) is 0. The van der Waals surface area contributed by atoms with Crippen molar-refractivity contribution in [1.82, 2.24) is 19.1 Å². The largest absolute Gasteiger partial charge is 0.337 e. The van der Waals surface area contributed by atoms with Gasteiger partial charge in [-0.05, 0) is 37.2 Å². The van der Waals surface area contributed by atoms with E-state index in [1.54, 1.807) is 0 Å². The molecule has 0 radical (unpaired) electrons. The number of rotatable bonds is 6. The lowest BCUT2D eigenvalue weighted by Gasteiger charge is -2.04. The van der Waals surface area contributed by atoms with Crippen LogP contribution >= 0.6 is 12.2 Å². The molecule has 2 aromatic heterocycles. The lowest BCUT2D eigenvalue weighted by Crippen LogP contribution is -2.01. The SMILES string of the molecule is CC.CC.CC.CC.CC.CC.CC.CC.CC.CC.CC.CC.CC.CC.CC.CC.CC.CC.CC.CC.CCn1c(Cc2ccccc2)c[nH]c1=S.CCn1cncc1Cc1ccccc1. The zero-order valence-corrected chi connectivity index (χ0v) is 57.9. The van der Waals surface area contributed by atoms with Crippen LogP contribution in [0, 0.1) is 4.77 Å². The Bertz CT molecular complexity index is 1050. The van der Waals surface area contributed by atoms with Gasteiger partial charge in [0.05, 0.1) is 6.33 Å². The molecule has 430 valence electrons. The normalized spacial score (nSPS) is 6.12. The summed E-state index contributed by atoms with van der Waals surface area (Å²) in [6.07, 6.45) is 7.73. The first kappa shape index (κ1) is 121. The number of benzene rings is 2. The third-order valence-corrected chi connectivity index (χ3v) is 5.20. The first-order valence-electron chi connectivity index (χ1n) is 30.0. The number of nitrogens with zero attached hydrogens (tertiary/aromatic N) is 3. The summed E-state index contributed by atoms with van der Waals surface area (Å²) in [5.74, 6) is 0. The minimum Gasteiger partial charge on any atom is -0.337 e. The first-order valence-corrected chi connectivity index (χ1v) is 30.5. The van der Waals surface area contributed by atoms with Crippen molar-refractivity contribution >= 4 is 12.2 Å². The molecule has 0 aliphatic heterocycles. The van der Waals surface area contributed by atoms with Gasteiger partial charge in [0, 0.05) is 49.7 Å². The topological polar surface area (TPSA) is 38.5 Å². The summed E-state index contributed by atoms with van der Waals surface area (Å²) in [5.41, 5.74) is 5.17. The fraction of sp³-hybridized carbons (Fsp3) is 0.719. The molecule has 0 saturated heterocycles.